The number of fused-ring (bicyclic) bond motifs is 1. The van der Waals surface area contributed by atoms with Crippen LogP contribution in [0.1, 0.15) is 45.5 Å². The Morgan fingerprint density at radius 2 is 1.59 bits per heavy atom. The summed E-state index contributed by atoms with van der Waals surface area (Å²) in [6.45, 7) is 0.655. The van der Waals surface area contributed by atoms with E-state index in [0.29, 0.717) is 19.1 Å². The number of piperidine rings is 1. The van der Waals surface area contributed by atoms with E-state index < -0.39 is 40.6 Å². The lowest BCUT2D eigenvalue weighted by Gasteiger charge is -2.35. The Morgan fingerprint density at radius 3 is 2.24 bits per heavy atom. The van der Waals surface area contributed by atoms with Crippen LogP contribution in [0.4, 0.5) is 25.8 Å². The van der Waals surface area contributed by atoms with Crippen molar-refractivity contribution in [1.82, 2.24) is 9.80 Å². The molecule has 0 radical (unpaired) electrons. The fourth-order valence-electron chi connectivity index (χ4n) is 5.73. The highest BCUT2D eigenvalue weighted by atomic mass is 35.5. The third kappa shape index (κ3) is 7.24. The van der Waals surface area contributed by atoms with E-state index in [0.717, 1.165) is 18.9 Å². The van der Waals surface area contributed by atoms with Gasteiger partial charge in [0.2, 0.25) is 5.91 Å². The number of hydrogen-bond acceptors (Lipinski definition) is 6. The molecular weight excluding hydrogens is 620 g/mol. The number of rotatable bonds is 6. The summed E-state index contributed by atoms with van der Waals surface area (Å²) in [6.07, 6.45) is 1.86. The van der Waals surface area contributed by atoms with Gasteiger partial charge in [0.1, 0.15) is 5.56 Å². The highest BCUT2D eigenvalue weighted by Crippen LogP contribution is 2.43. The van der Waals surface area contributed by atoms with E-state index >= 15 is 8.78 Å². The average molecular weight is 654 g/mol. The van der Waals surface area contributed by atoms with Crippen molar-refractivity contribution in [2.24, 2.45) is 0 Å². The fraction of sp³-hybridized carbons (Fsp3) is 0.303. The van der Waals surface area contributed by atoms with Crippen LogP contribution in [0.5, 0.6) is 0 Å². The molecule has 0 bridgehead atoms. The van der Waals surface area contributed by atoms with Gasteiger partial charge in [0, 0.05) is 66.6 Å². The molecule has 5 rings (SSSR count). The molecule has 2 heterocycles. The van der Waals surface area contributed by atoms with Crippen molar-refractivity contribution in [3.8, 4) is 0 Å². The molecule has 0 unspecified atom stereocenters. The topological polar surface area (TPSA) is 116 Å². The second kappa shape index (κ2) is 14.2. The molecule has 13 heteroatoms. The van der Waals surface area contributed by atoms with Crippen LogP contribution in [0.3, 0.4) is 0 Å². The summed E-state index contributed by atoms with van der Waals surface area (Å²) >= 11 is 0. The maximum Gasteiger partial charge on any atom is 0.282 e. The van der Waals surface area contributed by atoms with Crippen molar-refractivity contribution in [3.63, 3.8) is 0 Å². The Kier molecular flexibility index (Phi) is 10.5. The number of halogens is 3. The van der Waals surface area contributed by atoms with Crippen LogP contribution in [0, 0.1) is 10.1 Å². The number of likely N-dealkylation sites (tertiary alicyclic amines) is 1. The van der Waals surface area contributed by atoms with Crippen LogP contribution in [0.2, 0.25) is 0 Å². The number of hydrogen-bond donors (Lipinski definition) is 1. The predicted molar refractivity (Wildman–Crippen MR) is 174 cm³/mol. The lowest BCUT2D eigenvalue weighted by molar-refractivity contribution is -0.385. The van der Waals surface area contributed by atoms with Crippen LogP contribution < -0.4 is 10.2 Å². The fourth-order valence-corrected chi connectivity index (χ4v) is 5.73. The number of allylic oxidation sites excluding steroid dienone is 1. The van der Waals surface area contributed by atoms with Crippen molar-refractivity contribution in [3.05, 3.63) is 106 Å². The Balaban J connectivity index is 0.00000480. The van der Waals surface area contributed by atoms with E-state index in [1.807, 2.05) is 14.1 Å². The molecule has 0 aliphatic carbocycles. The Labute approximate surface area is 271 Å². The van der Waals surface area contributed by atoms with Gasteiger partial charge in [-0.25, -0.2) is 8.78 Å². The zero-order chi connectivity index (χ0) is 32.3. The quantitative estimate of drug-likeness (QED) is 0.202. The van der Waals surface area contributed by atoms with Gasteiger partial charge in [-0.3, -0.25) is 24.5 Å². The second-order valence-corrected chi connectivity index (χ2v) is 11.3. The maximum atomic E-state index is 15.7. The van der Waals surface area contributed by atoms with E-state index in [4.69, 9.17) is 0 Å². The highest BCUT2D eigenvalue weighted by Gasteiger charge is 2.42. The first kappa shape index (κ1) is 34.2. The summed E-state index contributed by atoms with van der Waals surface area (Å²) in [5.41, 5.74) is -0.0364. The number of nitrogens with zero attached hydrogens (tertiary/aromatic N) is 4. The summed E-state index contributed by atoms with van der Waals surface area (Å²) in [5, 5.41) is 13.9. The smallest absolute Gasteiger partial charge is 0.282 e. The number of carbonyl (C=O) groups excluding carboxylic acids is 3. The van der Waals surface area contributed by atoms with Gasteiger partial charge in [-0.15, -0.1) is 12.4 Å². The first-order valence-corrected chi connectivity index (χ1v) is 14.6. The van der Waals surface area contributed by atoms with Crippen molar-refractivity contribution < 1.29 is 28.1 Å². The number of nitro groups is 1. The third-order valence-corrected chi connectivity index (χ3v) is 8.28. The largest absolute Gasteiger partial charge is 0.339 e. The van der Waals surface area contributed by atoms with E-state index in [1.54, 1.807) is 23.1 Å². The molecule has 3 aromatic carbocycles. The van der Waals surface area contributed by atoms with Crippen LogP contribution in [0.25, 0.3) is 5.57 Å². The molecule has 0 saturated carbocycles. The second-order valence-electron chi connectivity index (χ2n) is 11.3. The number of alkyl halides is 2. The van der Waals surface area contributed by atoms with Gasteiger partial charge in [-0.1, -0.05) is 30.3 Å². The summed E-state index contributed by atoms with van der Waals surface area (Å²) in [4.78, 5) is 55.2. The van der Waals surface area contributed by atoms with Crippen LogP contribution >= 0.6 is 12.4 Å². The molecule has 1 N–H and O–H groups in total. The van der Waals surface area contributed by atoms with Gasteiger partial charge in [-0.2, -0.15) is 0 Å². The SMILES string of the molecule is CN(C)C1CCN(C(=O)C=C2c3ccccc3N(C(=O)c3ccc(NC(=O)c4ccccc4[N+](=O)[O-])cc3)CCC2(F)F)CC1.Cl. The minimum absolute atomic E-state index is 0. The van der Waals surface area contributed by atoms with Gasteiger partial charge in [-0.05, 0) is 63.3 Å². The molecule has 2 aliphatic rings. The number of nitrogens with one attached hydrogen (secondary N) is 1. The number of carbonyl (C=O) groups is 3. The molecule has 0 spiro atoms. The lowest BCUT2D eigenvalue weighted by Crippen LogP contribution is -2.44. The Bertz CT molecular complexity index is 1660. The summed E-state index contributed by atoms with van der Waals surface area (Å²) in [6, 6.07) is 18.0. The first-order chi connectivity index (χ1) is 21.5. The van der Waals surface area contributed by atoms with Gasteiger partial charge < -0.3 is 20.0 Å². The van der Waals surface area contributed by atoms with Crippen molar-refractivity contribution in [1.29, 1.82) is 0 Å². The minimum Gasteiger partial charge on any atom is -0.339 e. The average Bonchev–Trinajstić information content (AvgIpc) is 3.14. The highest BCUT2D eigenvalue weighted by molar-refractivity contribution is 6.10. The monoisotopic (exact) mass is 653 g/mol. The molecule has 46 heavy (non-hydrogen) atoms. The van der Waals surface area contributed by atoms with Gasteiger partial charge in [0.05, 0.1) is 10.6 Å². The number of para-hydroxylation sites is 2. The van der Waals surface area contributed by atoms with Crippen LogP contribution in [0.15, 0.2) is 78.9 Å². The van der Waals surface area contributed by atoms with Crippen molar-refractivity contribution >= 4 is 52.8 Å². The molecule has 242 valence electrons. The number of nitro benzene ring substituents is 1. The van der Waals surface area contributed by atoms with Gasteiger partial charge in [0.25, 0.3) is 23.4 Å². The molecule has 1 fully saturated rings. The molecule has 1 saturated heterocycles. The Hall–Kier alpha value is -4.68. The van der Waals surface area contributed by atoms with Crippen molar-refractivity contribution in [2.45, 2.75) is 31.2 Å². The zero-order valence-corrected chi connectivity index (χ0v) is 26.1. The van der Waals surface area contributed by atoms with Crippen LogP contribution in [-0.4, -0.2) is 78.1 Å². The molecule has 10 nitrogen and oxygen atoms in total. The van der Waals surface area contributed by atoms with E-state index in [9.17, 15) is 24.5 Å². The van der Waals surface area contributed by atoms with E-state index in [1.165, 1.54) is 59.5 Å². The number of benzene rings is 3. The number of anilines is 2. The zero-order valence-electron chi connectivity index (χ0n) is 25.3. The van der Waals surface area contributed by atoms with E-state index in [-0.39, 0.29) is 52.7 Å². The van der Waals surface area contributed by atoms with Gasteiger partial charge in [0.15, 0.2) is 0 Å². The standard InChI is InChI=1S/C33H33F2N5O5.ClH/c1-37(2)24-15-18-38(19-16-24)30(41)21-27-25-7-3-5-9-28(25)39(20-17-33(27,34)35)32(43)22-11-13-23(14-12-22)36-31(42)26-8-4-6-10-29(26)40(44)45;/h3-14,21,24H,15-20H2,1-2H3,(H,36,42);1H. The molecule has 3 aromatic rings. The summed E-state index contributed by atoms with van der Waals surface area (Å²) in [5.74, 6) is -5.07. The molecule has 3 amide bonds. The Morgan fingerprint density at radius 1 is 0.957 bits per heavy atom. The maximum absolute atomic E-state index is 15.7. The van der Waals surface area contributed by atoms with Crippen LogP contribution in [-0.2, 0) is 4.79 Å². The first-order valence-electron chi connectivity index (χ1n) is 14.6. The summed E-state index contributed by atoms with van der Waals surface area (Å²) < 4.78 is 31.3. The molecule has 0 atom stereocenters. The van der Waals surface area contributed by atoms with Gasteiger partial charge >= 0.3 is 0 Å². The molecule has 2 aliphatic heterocycles. The normalized spacial score (nSPS) is 17.1. The van der Waals surface area contributed by atoms with E-state index in [2.05, 4.69) is 10.2 Å². The lowest BCUT2D eigenvalue weighted by atomic mass is 9.96. The molecule has 0 aromatic heterocycles. The molecular formula is C33H34ClF2N5O5. The minimum atomic E-state index is -3.36. The number of amides is 3. The summed E-state index contributed by atoms with van der Waals surface area (Å²) in [7, 11) is 3.96. The third-order valence-electron chi connectivity index (χ3n) is 8.28. The van der Waals surface area contributed by atoms with Crippen molar-refractivity contribution in [2.75, 3.05) is 43.9 Å². The predicted octanol–water partition coefficient (Wildman–Crippen LogP) is 5.89.